The topological polar surface area (TPSA) is 47.9 Å². The minimum Gasteiger partial charge on any atom is -0.591 e. The standard InChI is InChI=1S/C19H23BrN2O2S2/c1-19(2,3)26(23)21-18(15-6-11-25-13-15)14-4-5-17(16(20)12-14)22-7-9-24-10-8-22/h4-6,11-13H,7-10H2,1-3H3/b21-18+. The maximum atomic E-state index is 12.6. The van der Waals surface area contributed by atoms with Gasteiger partial charge in [-0.05, 0) is 60.3 Å². The van der Waals surface area contributed by atoms with Gasteiger partial charge in [0.2, 0.25) is 0 Å². The van der Waals surface area contributed by atoms with E-state index in [2.05, 4.69) is 43.4 Å². The predicted molar refractivity (Wildman–Crippen MR) is 115 cm³/mol. The van der Waals surface area contributed by atoms with Crippen molar-refractivity contribution in [3.05, 3.63) is 50.6 Å². The van der Waals surface area contributed by atoms with E-state index in [1.54, 1.807) is 11.3 Å². The van der Waals surface area contributed by atoms with Crippen LogP contribution in [0.4, 0.5) is 5.69 Å². The van der Waals surface area contributed by atoms with Gasteiger partial charge in [0.15, 0.2) is 0 Å². The van der Waals surface area contributed by atoms with E-state index in [4.69, 9.17) is 4.74 Å². The molecule has 0 radical (unpaired) electrons. The summed E-state index contributed by atoms with van der Waals surface area (Å²) in [5.41, 5.74) is 3.89. The van der Waals surface area contributed by atoms with Gasteiger partial charge in [-0.3, -0.25) is 0 Å². The molecule has 1 atom stereocenters. The molecule has 1 unspecified atom stereocenters. The maximum absolute atomic E-state index is 12.6. The maximum Gasteiger partial charge on any atom is 0.144 e. The van der Waals surface area contributed by atoms with Gasteiger partial charge < -0.3 is 14.2 Å². The highest BCUT2D eigenvalue weighted by Crippen LogP contribution is 2.30. The lowest BCUT2D eigenvalue weighted by Crippen LogP contribution is -2.36. The second kappa shape index (κ2) is 8.44. The lowest BCUT2D eigenvalue weighted by molar-refractivity contribution is 0.122. The van der Waals surface area contributed by atoms with Gasteiger partial charge in [0, 0.05) is 34.1 Å². The third-order valence-electron chi connectivity index (χ3n) is 4.07. The van der Waals surface area contributed by atoms with E-state index in [0.29, 0.717) is 0 Å². The van der Waals surface area contributed by atoms with E-state index < -0.39 is 16.1 Å². The monoisotopic (exact) mass is 454 g/mol. The summed E-state index contributed by atoms with van der Waals surface area (Å²) < 4.78 is 23.3. The molecule has 1 fully saturated rings. The fourth-order valence-corrected chi connectivity index (χ4v) is 4.53. The first-order valence-electron chi connectivity index (χ1n) is 8.52. The van der Waals surface area contributed by atoms with Gasteiger partial charge in [-0.15, -0.1) is 0 Å². The Balaban J connectivity index is 1.97. The minimum absolute atomic E-state index is 0.397. The summed E-state index contributed by atoms with van der Waals surface area (Å²) in [5, 5.41) is 4.06. The van der Waals surface area contributed by atoms with Crippen LogP contribution in [0.1, 0.15) is 31.9 Å². The molecular formula is C19H23BrN2O2S2. The van der Waals surface area contributed by atoms with E-state index in [-0.39, 0.29) is 0 Å². The van der Waals surface area contributed by atoms with Crippen molar-refractivity contribution in [2.45, 2.75) is 25.5 Å². The zero-order valence-electron chi connectivity index (χ0n) is 15.2. The molecule has 0 N–H and O–H groups in total. The van der Waals surface area contributed by atoms with Gasteiger partial charge in [0.25, 0.3) is 0 Å². The second-order valence-electron chi connectivity index (χ2n) is 7.08. The Morgan fingerprint density at radius 1 is 1.23 bits per heavy atom. The van der Waals surface area contributed by atoms with Crippen LogP contribution in [0.2, 0.25) is 0 Å². The van der Waals surface area contributed by atoms with Gasteiger partial charge in [-0.1, -0.05) is 10.5 Å². The van der Waals surface area contributed by atoms with E-state index in [1.807, 2.05) is 37.6 Å². The summed E-state index contributed by atoms with van der Waals surface area (Å²) >= 11 is 4.00. The Hall–Kier alpha value is -0.860. The van der Waals surface area contributed by atoms with Gasteiger partial charge in [-0.25, -0.2) is 0 Å². The van der Waals surface area contributed by atoms with Crippen molar-refractivity contribution in [2.24, 2.45) is 4.40 Å². The average molecular weight is 455 g/mol. The smallest absolute Gasteiger partial charge is 0.144 e. The molecule has 1 saturated heterocycles. The molecule has 1 aromatic heterocycles. The molecule has 0 spiro atoms. The number of rotatable bonds is 4. The highest BCUT2D eigenvalue weighted by Gasteiger charge is 2.28. The van der Waals surface area contributed by atoms with E-state index >= 15 is 0 Å². The van der Waals surface area contributed by atoms with Crippen molar-refractivity contribution in [2.75, 3.05) is 31.2 Å². The van der Waals surface area contributed by atoms with Crippen LogP contribution < -0.4 is 4.90 Å². The Morgan fingerprint density at radius 3 is 2.54 bits per heavy atom. The van der Waals surface area contributed by atoms with Crippen LogP contribution in [0, 0.1) is 0 Å². The Labute approximate surface area is 170 Å². The minimum atomic E-state index is -1.32. The fourth-order valence-electron chi connectivity index (χ4n) is 2.61. The normalized spacial score (nSPS) is 17.4. The van der Waals surface area contributed by atoms with E-state index in [1.165, 1.54) is 0 Å². The Kier molecular flexibility index (Phi) is 6.45. The lowest BCUT2D eigenvalue weighted by atomic mass is 10.0. The molecule has 140 valence electrons. The van der Waals surface area contributed by atoms with Crippen molar-refractivity contribution < 1.29 is 9.29 Å². The van der Waals surface area contributed by atoms with E-state index in [9.17, 15) is 4.55 Å². The molecule has 0 saturated carbocycles. The summed E-state index contributed by atoms with van der Waals surface area (Å²) in [6, 6.07) is 8.26. The average Bonchev–Trinajstić information content (AvgIpc) is 3.13. The number of benzene rings is 1. The van der Waals surface area contributed by atoms with Gasteiger partial charge >= 0.3 is 0 Å². The van der Waals surface area contributed by atoms with Crippen LogP contribution in [0.25, 0.3) is 0 Å². The first-order chi connectivity index (χ1) is 12.4. The summed E-state index contributed by atoms with van der Waals surface area (Å²) in [4.78, 5) is 2.31. The third kappa shape index (κ3) is 4.70. The Morgan fingerprint density at radius 2 is 1.96 bits per heavy atom. The lowest BCUT2D eigenvalue weighted by Gasteiger charge is -2.30. The molecule has 0 aliphatic carbocycles. The van der Waals surface area contributed by atoms with Crippen LogP contribution in [0.3, 0.4) is 0 Å². The van der Waals surface area contributed by atoms with Gasteiger partial charge in [0.05, 0.1) is 18.9 Å². The fraction of sp³-hybridized carbons (Fsp3) is 0.421. The van der Waals surface area contributed by atoms with E-state index in [0.717, 1.165) is 53.3 Å². The molecule has 4 nitrogen and oxygen atoms in total. The highest BCUT2D eigenvalue weighted by atomic mass is 79.9. The number of morpholine rings is 1. The number of hydrogen-bond acceptors (Lipinski definition) is 5. The molecule has 0 bridgehead atoms. The second-order valence-corrected chi connectivity index (χ2v) is 10.6. The zero-order chi connectivity index (χ0) is 18.7. The largest absolute Gasteiger partial charge is 0.591 e. The first-order valence-corrected chi connectivity index (χ1v) is 11.4. The van der Waals surface area contributed by atoms with Crippen LogP contribution in [0.5, 0.6) is 0 Å². The van der Waals surface area contributed by atoms with Crippen molar-refractivity contribution in [3.63, 3.8) is 0 Å². The molecular weight excluding hydrogens is 432 g/mol. The predicted octanol–water partition coefficient (Wildman–Crippen LogP) is 4.65. The van der Waals surface area contributed by atoms with Crippen molar-refractivity contribution in [3.8, 4) is 0 Å². The molecule has 1 aliphatic heterocycles. The highest BCUT2D eigenvalue weighted by molar-refractivity contribution is 9.10. The molecule has 2 aromatic rings. The number of nitrogens with zero attached hydrogens (tertiary/aromatic N) is 2. The zero-order valence-corrected chi connectivity index (χ0v) is 18.4. The first kappa shape index (κ1) is 19.9. The van der Waals surface area contributed by atoms with Crippen LogP contribution in [0.15, 0.2) is 43.9 Å². The van der Waals surface area contributed by atoms with Crippen LogP contribution in [-0.4, -0.2) is 41.3 Å². The Bertz CT molecular complexity index is 766. The summed E-state index contributed by atoms with van der Waals surface area (Å²) in [7, 11) is 0. The molecule has 7 heteroatoms. The summed E-state index contributed by atoms with van der Waals surface area (Å²) in [6.07, 6.45) is 0. The SMILES string of the molecule is CC(C)(C)[S+]([O-])/N=C(/c1ccsc1)c1ccc(N2CCOCC2)c(Br)c1. The number of hydrogen-bond donors (Lipinski definition) is 0. The third-order valence-corrected chi connectivity index (χ3v) is 6.78. The quantitative estimate of drug-likeness (QED) is 0.498. The number of thiophene rings is 1. The molecule has 0 amide bonds. The molecule has 1 aliphatic rings. The van der Waals surface area contributed by atoms with Gasteiger partial charge in [-0.2, -0.15) is 11.3 Å². The molecule has 2 heterocycles. The number of anilines is 1. The van der Waals surface area contributed by atoms with Gasteiger partial charge in [0.1, 0.15) is 21.8 Å². The summed E-state index contributed by atoms with van der Waals surface area (Å²) in [6.45, 7) is 9.09. The summed E-state index contributed by atoms with van der Waals surface area (Å²) in [5.74, 6) is 0. The van der Waals surface area contributed by atoms with Crippen molar-refractivity contribution >= 4 is 50.0 Å². The van der Waals surface area contributed by atoms with Crippen molar-refractivity contribution in [1.82, 2.24) is 0 Å². The van der Waals surface area contributed by atoms with Crippen LogP contribution in [-0.2, 0) is 16.1 Å². The number of ether oxygens (including phenoxy) is 1. The van der Waals surface area contributed by atoms with Crippen LogP contribution >= 0.6 is 27.3 Å². The molecule has 3 rings (SSSR count). The number of halogens is 1. The molecule has 1 aromatic carbocycles. The molecule has 26 heavy (non-hydrogen) atoms. The van der Waals surface area contributed by atoms with Crippen molar-refractivity contribution in [1.29, 1.82) is 0 Å².